The topological polar surface area (TPSA) is 29.5 Å². The molecule has 0 rings (SSSR count). The van der Waals surface area contributed by atoms with Crippen molar-refractivity contribution in [2.24, 2.45) is 0 Å². The van der Waals surface area contributed by atoms with E-state index in [4.69, 9.17) is 9.84 Å². The van der Waals surface area contributed by atoms with Crippen molar-refractivity contribution >= 4 is 0 Å². The molecule has 0 spiro atoms. The molecular formula is C8H18O2. The highest BCUT2D eigenvalue weighted by atomic mass is 16.5. The van der Waals surface area contributed by atoms with Gasteiger partial charge in [0, 0.05) is 0 Å². The lowest BCUT2D eigenvalue weighted by Gasteiger charge is -2.13. The van der Waals surface area contributed by atoms with E-state index in [0.29, 0.717) is 6.61 Å². The molecule has 62 valence electrons. The van der Waals surface area contributed by atoms with E-state index in [2.05, 4.69) is 6.92 Å². The summed E-state index contributed by atoms with van der Waals surface area (Å²) in [7, 11) is 0. The van der Waals surface area contributed by atoms with E-state index in [-0.39, 0.29) is 12.2 Å². The minimum absolute atomic E-state index is 0.279. The van der Waals surface area contributed by atoms with Gasteiger partial charge in [0.05, 0.1) is 18.8 Å². The van der Waals surface area contributed by atoms with Gasteiger partial charge in [-0.3, -0.25) is 0 Å². The molecule has 0 bridgehead atoms. The second-order valence-electron chi connectivity index (χ2n) is 2.61. The van der Waals surface area contributed by atoms with Crippen LogP contribution in [0.4, 0.5) is 0 Å². The molecule has 0 heterocycles. The predicted molar refractivity (Wildman–Crippen MR) is 42.0 cm³/mol. The largest absolute Gasteiger partial charge is 0.391 e. The van der Waals surface area contributed by atoms with Crippen molar-refractivity contribution in [3.05, 3.63) is 0 Å². The van der Waals surface area contributed by atoms with Gasteiger partial charge in [0.25, 0.3) is 0 Å². The SMILES string of the molecule is CCC(O)COC(C)CC. The summed E-state index contributed by atoms with van der Waals surface area (Å²) in [6.07, 6.45) is 1.78. The number of ether oxygens (including phenoxy) is 1. The second-order valence-corrected chi connectivity index (χ2v) is 2.61. The first-order chi connectivity index (χ1) is 4.70. The summed E-state index contributed by atoms with van der Waals surface area (Å²) < 4.78 is 5.29. The van der Waals surface area contributed by atoms with Crippen LogP contribution < -0.4 is 0 Å². The van der Waals surface area contributed by atoms with Gasteiger partial charge in [-0.2, -0.15) is 0 Å². The Labute approximate surface area is 63.2 Å². The third kappa shape index (κ3) is 4.77. The highest BCUT2D eigenvalue weighted by Crippen LogP contribution is 1.98. The normalized spacial score (nSPS) is 16.8. The highest BCUT2D eigenvalue weighted by Gasteiger charge is 2.03. The molecule has 2 heteroatoms. The van der Waals surface area contributed by atoms with E-state index in [1.807, 2.05) is 13.8 Å². The van der Waals surface area contributed by atoms with Crippen molar-refractivity contribution in [2.75, 3.05) is 6.61 Å². The summed E-state index contributed by atoms with van der Waals surface area (Å²) >= 11 is 0. The molecule has 0 saturated carbocycles. The Hall–Kier alpha value is -0.0800. The van der Waals surface area contributed by atoms with Gasteiger partial charge >= 0.3 is 0 Å². The minimum Gasteiger partial charge on any atom is -0.391 e. The molecule has 0 saturated heterocycles. The van der Waals surface area contributed by atoms with E-state index in [9.17, 15) is 0 Å². The summed E-state index contributed by atoms with van der Waals surface area (Å²) in [5.41, 5.74) is 0. The molecule has 2 unspecified atom stereocenters. The molecule has 0 aromatic rings. The summed E-state index contributed by atoms with van der Waals surface area (Å²) in [6, 6.07) is 0. The van der Waals surface area contributed by atoms with Crippen molar-refractivity contribution in [1.29, 1.82) is 0 Å². The summed E-state index contributed by atoms with van der Waals surface area (Å²) in [4.78, 5) is 0. The molecule has 0 aromatic heterocycles. The van der Waals surface area contributed by atoms with Crippen LogP contribution >= 0.6 is 0 Å². The van der Waals surface area contributed by atoms with Crippen molar-refractivity contribution in [1.82, 2.24) is 0 Å². The molecule has 0 aliphatic carbocycles. The molecule has 0 amide bonds. The van der Waals surface area contributed by atoms with Crippen LogP contribution in [0.25, 0.3) is 0 Å². The first-order valence-corrected chi connectivity index (χ1v) is 4.00. The van der Waals surface area contributed by atoms with Gasteiger partial charge in [0.1, 0.15) is 0 Å². The van der Waals surface area contributed by atoms with Crippen molar-refractivity contribution in [3.8, 4) is 0 Å². The van der Waals surface area contributed by atoms with E-state index >= 15 is 0 Å². The van der Waals surface area contributed by atoms with Crippen LogP contribution in [0.15, 0.2) is 0 Å². The maximum atomic E-state index is 9.08. The Morgan fingerprint density at radius 1 is 1.30 bits per heavy atom. The zero-order chi connectivity index (χ0) is 7.98. The lowest BCUT2D eigenvalue weighted by Crippen LogP contribution is -2.18. The van der Waals surface area contributed by atoms with Crippen LogP contribution in [0.5, 0.6) is 0 Å². The van der Waals surface area contributed by atoms with Crippen molar-refractivity contribution < 1.29 is 9.84 Å². The van der Waals surface area contributed by atoms with Gasteiger partial charge in [-0.25, -0.2) is 0 Å². The average Bonchev–Trinajstić information content (AvgIpc) is 1.99. The van der Waals surface area contributed by atoms with Crippen molar-refractivity contribution in [3.63, 3.8) is 0 Å². The average molecular weight is 146 g/mol. The van der Waals surface area contributed by atoms with E-state index in [0.717, 1.165) is 12.8 Å². The number of aliphatic hydroxyl groups excluding tert-OH is 1. The van der Waals surface area contributed by atoms with Gasteiger partial charge in [0.15, 0.2) is 0 Å². The monoisotopic (exact) mass is 146 g/mol. The molecule has 0 radical (unpaired) electrons. The van der Waals surface area contributed by atoms with Crippen LogP contribution in [0.3, 0.4) is 0 Å². The Morgan fingerprint density at radius 3 is 2.30 bits per heavy atom. The lowest BCUT2D eigenvalue weighted by molar-refractivity contribution is -0.00388. The van der Waals surface area contributed by atoms with E-state index < -0.39 is 0 Å². The maximum Gasteiger partial charge on any atom is 0.0771 e. The van der Waals surface area contributed by atoms with Gasteiger partial charge < -0.3 is 9.84 Å². The Kier molecular flexibility index (Phi) is 5.64. The van der Waals surface area contributed by atoms with Gasteiger partial charge in [-0.15, -0.1) is 0 Å². The summed E-state index contributed by atoms with van der Waals surface area (Å²) in [6.45, 7) is 6.52. The van der Waals surface area contributed by atoms with Crippen molar-refractivity contribution in [2.45, 2.75) is 45.8 Å². The molecule has 10 heavy (non-hydrogen) atoms. The van der Waals surface area contributed by atoms with Gasteiger partial charge in [-0.1, -0.05) is 13.8 Å². The second kappa shape index (κ2) is 5.69. The predicted octanol–water partition coefficient (Wildman–Crippen LogP) is 1.57. The molecule has 0 fully saturated rings. The minimum atomic E-state index is -0.283. The van der Waals surface area contributed by atoms with E-state index in [1.165, 1.54) is 0 Å². The fraction of sp³-hybridized carbons (Fsp3) is 1.00. The molecule has 0 aromatic carbocycles. The zero-order valence-corrected chi connectivity index (χ0v) is 7.13. The van der Waals surface area contributed by atoms with Crippen LogP contribution in [0.1, 0.15) is 33.6 Å². The molecule has 0 aliphatic heterocycles. The van der Waals surface area contributed by atoms with Gasteiger partial charge in [0.2, 0.25) is 0 Å². The summed E-state index contributed by atoms with van der Waals surface area (Å²) in [5, 5.41) is 9.08. The summed E-state index contributed by atoms with van der Waals surface area (Å²) in [5.74, 6) is 0. The smallest absolute Gasteiger partial charge is 0.0771 e. The standard InChI is InChI=1S/C8H18O2/c1-4-7(3)10-6-8(9)5-2/h7-9H,4-6H2,1-3H3. The first kappa shape index (κ1) is 9.92. The van der Waals surface area contributed by atoms with E-state index in [1.54, 1.807) is 0 Å². The van der Waals surface area contributed by atoms with Crippen LogP contribution in [-0.2, 0) is 4.74 Å². The Morgan fingerprint density at radius 2 is 1.90 bits per heavy atom. The number of hydrogen-bond acceptors (Lipinski definition) is 2. The molecular weight excluding hydrogens is 128 g/mol. The third-order valence-corrected chi connectivity index (χ3v) is 1.62. The number of hydrogen-bond donors (Lipinski definition) is 1. The Bertz CT molecular complexity index is 63.7. The maximum absolute atomic E-state index is 9.08. The Balaban J connectivity index is 3.17. The fourth-order valence-electron chi connectivity index (χ4n) is 0.511. The lowest BCUT2D eigenvalue weighted by atomic mass is 10.3. The van der Waals surface area contributed by atoms with Crippen LogP contribution in [-0.4, -0.2) is 23.9 Å². The molecule has 2 atom stereocenters. The number of aliphatic hydroxyl groups is 1. The first-order valence-electron chi connectivity index (χ1n) is 4.00. The number of rotatable bonds is 5. The third-order valence-electron chi connectivity index (χ3n) is 1.62. The highest BCUT2D eigenvalue weighted by molar-refractivity contribution is 4.51. The quantitative estimate of drug-likeness (QED) is 0.638. The molecule has 2 nitrogen and oxygen atoms in total. The zero-order valence-electron chi connectivity index (χ0n) is 7.13. The van der Waals surface area contributed by atoms with Gasteiger partial charge in [-0.05, 0) is 19.8 Å². The molecule has 0 aliphatic rings. The van der Waals surface area contributed by atoms with Crippen LogP contribution in [0.2, 0.25) is 0 Å². The fourth-order valence-corrected chi connectivity index (χ4v) is 0.511. The van der Waals surface area contributed by atoms with Crippen LogP contribution in [0, 0.1) is 0 Å². The molecule has 1 N–H and O–H groups in total.